The molecule has 1 amide bonds. The Hall–Kier alpha value is -2.46. The highest BCUT2D eigenvalue weighted by Gasteiger charge is 2.32. The van der Waals surface area contributed by atoms with Crippen LogP contribution in [0.3, 0.4) is 0 Å². The van der Waals surface area contributed by atoms with E-state index in [-0.39, 0.29) is 24.2 Å². The van der Waals surface area contributed by atoms with Gasteiger partial charge in [-0.25, -0.2) is 12.7 Å². The van der Waals surface area contributed by atoms with Crippen LogP contribution in [0.4, 0.5) is 0 Å². The first-order valence-corrected chi connectivity index (χ1v) is 13.4. The minimum atomic E-state index is -3.36. The first-order chi connectivity index (χ1) is 16.4. The molecular formula is C25H34N4O4S. The molecule has 184 valence electrons. The van der Waals surface area contributed by atoms with Crippen LogP contribution in [0.5, 0.6) is 5.75 Å². The number of carbonyl (C=O) groups excluding carboxylic acids is 1. The lowest BCUT2D eigenvalue weighted by molar-refractivity contribution is -0.132. The van der Waals surface area contributed by atoms with Gasteiger partial charge in [-0.2, -0.15) is 0 Å². The summed E-state index contributed by atoms with van der Waals surface area (Å²) < 4.78 is 32.2. The standard InChI is InChI=1S/C25H34N4O4S/c1-33-24-9-7-21(8-10-24)18-27-13-15-28(16-14-27)25(30)17-26-23-11-12-29(19-23)34(31,32)20-22-5-3-2-4-6-22/h2-10,23,26H,11-20H2,1H3/t23-/m0/s1. The van der Waals surface area contributed by atoms with Gasteiger partial charge in [0.25, 0.3) is 0 Å². The number of hydrogen-bond donors (Lipinski definition) is 1. The number of ether oxygens (including phenoxy) is 1. The summed E-state index contributed by atoms with van der Waals surface area (Å²) in [5.41, 5.74) is 2.02. The Balaban J connectivity index is 1.17. The summed E-state index contributed by atoms with van der Waals surface area (Å²) in [5.74, 6) is 0.945. The van der Waals surface area contributed by atoms with E-state index in [2.05, 4.69) is 22.3 Å². The molecule has 2 aromatic carbocycles. The Morgan fingerprint density at radius 1 is 0.971 bits per heavy atom. The molecule has 34 heavy (non-hydrogen) atoms. The summed E-state index contributed by atoms with van der Waals surface area (Å²) >= 11 is 0. The van der Waals surface area contributed by atoms with E-state index in [1.165, 1.54) is 5.56 Å². The van der Waals surface area contributed by atoms with Crippen molar-refractivity contribution >= 4 is 15.9 Å². The van der Waals surface area contributed by atoms with E-state index in [0.717, 1.165) is 37.4 Å². The average molecular weight is 487 g/mol. The summed E-state index contributed by atoms with van der Waals surface area (Å²) in [6, 6.07) is 17.3. The fraction of sp³-hybridized carbons (Fsp3) is 0.480. The molecule has 1 N–H and O–H groups in total. The largest absolute Gasteiger partial charge is 0.497 e. The highest BCUT2D eigenvalue weighted by atomic mass is 32.2. The van der Waals surface area contributed by atoms with E-state index in [0.29, 0.717) is 26.2 Å². The zero-order valence-electron chi connectivity index (χ0n) is 19.7. The maximum absolute atomic E-state index is 12.7. The molecule has 2 saturated heterocycles. The minimum absolute atomic E-state index is 0.00543. The van der Waals surface area contributed by atoms with Gasteiger partial charge in [0.15, 0.2) is 0 Å². The van der Waals surface area contributed by atoms with Gasteiger partial charge in [-0.3, -0.25) is 9.69 Å². The molecule has 2 fully saturated rings. The van der Waals surface area contributed by atoms with Crippen LogP contribution in [0.2, 0.25) is 0 Å². The SMILES string of the molecule is COc1ccc(CN2CCN(C(=O)CN[C@H]3CCN(S(=O)(=O)Cc4ccccc4)C3)CC2)cc1. The number of benzene rings is 2. The zero-order chi connectivity index (χ0) is 24.0. The Labute approximate surface area is 202 Å². The summed E-state index contributed by atoms with van der Waals surface area (Å²) in [6.45, 7) is 5.11. The number of nitrogens with one attached hydrogen (secondary N) is 1. The van der Waals surface area contributed by atoms with Gasteiger partial charge in [0.2, 0.25) is 15.9 Å². The third-order valence-electron chi connectivity index (χ3n) is 6.57. The van der Waals surface area contributed by atoms with Crippen LogP contribution in [-0.2, 0) is 27.1 Å². The maximum Gasteiger partial charge on any atom is 0.236 e. The molecule has 9 heteroatoms. The van der Waals surface area contributed by atoms with Crippen LogP contribution in [-0.4, -0.2) is 87.4 Å². The number of nitrogens with zero attached hydrogens (tertiary/aromatic N) is 3. The summed E-state index contributed by atoms with van der Waals surface area (Å²) in [4.78, 5) is 17.0. The fourth-order valence-electron chi connectivity index (χ4n) is 4.51. The topological polar surface area (TPSA) is 82.2 Å². The van der Waals surface area contributed by atoms with Gasteiger partial charge >= 0.3 is 0 Å². The molecule has 0 aromatic heterocycles. The van der Waals surface area contributed by atoms with Crippen molar-refractivity contribution in [2.24, 2.45) is 0 Å². The van der Waals surface area contributed by atoms with Crippen LogP contribution >= 0.6 is 0 Å². The number of methoxy groups -OCH3 is 1. The lowest BCUT2D eigenvalue weighted by Crippen LogP contribution is -2.51. The summed E-state index contributed by atoms with van der Waals surface area (Å²) in [7, 11) is -1.69. The van der Waals surface area contributed by atoms with Crippen molar-refractivity contribution < 1.29 is 17.9 Å². The van der Waals surface area contributed by atoms with Gasteiger partial charge in [0.1, 0.15) is 5.75 Å². The minimum Gasteiger partial charge on any atom is -0.497 e. The molecule has 2 aromatic rings. The smallest absolute Gasteiger partial charge is 0.236 e. The number of carbonyl (C=O) groups is 1. The van der Waals surface area contributed by atoms with Crippen molar-refractivity contribution in [2.75, 3.05) is 52.9 Å². The maximum atomic E-state index is 12.7. The monoisotopic (exact) mass is 486 g/mol. The molecular weight excluding hydrogens is 452 g/mol. The lowest BCUT2D eigenvalue weighted by atomic mass is 10.2. The number of piperazine rings is 1. The van der Waals surface area contributed by atoms with E-state index >= 15 is 0 Å². The third kappa shape index (κ3) is 6.56. The van der Waals surface area contributed by atoms with Gasteiger partial charge in [-0.05, 0) is 29.7 Å². The first-order valence-electron chi connectivity index (χ1n) is 11.8. The zero-order valence-corrected chi connectivity index (χ0v) is 20.5. The lowest BCUT2D eigenvalue weighted by Gasteiger charge is -2.35. The molecule has 1 atom stereocenters. The second-order valence-corrected chi connectivity index (χ2v) is 10.9. The van der Waals surface area contributed by atoms with Crippen LogP contribution in [0, 0.1) is 0 Å². The second-order valence-electron chi connectivity index (χ2n) is 8.97. The van der Waals surface area contributed by atoms with Crippen molar-refractivity contribution in [3.8, 4) is 5.75 Å². The summed E-state index contributed by atoms with van der Waals surface area (Å²) in [6.07, 6.45) is 0.719. The molecule has 8 nitrogen and oxygen atoms in total. The van der Waals surface area contributed by atoms with Crippen LogP contribution < -0.4 is 10.1 Å². The molecule has 2 heterocycles. The van der Waals surface area contributed by atoms with Gasteiger partial charge in [-0.1, -0.05) is 42.5 Å². The number of sulfonamides is 1. The molecule has 0 aliphatic carbocycles. The summed E-state index contributed by atoms with van der Waals surface area (Å²) in [5, 5.41) is 3.28. The van der Waals surface area contributed by atoms with Crippen molar-refractivity contribution in [3.05, 3.63) is 65.7 Å². The Bertz CT molecular complexity index is 1040. The molecule has 0 spiro atoms. The molecule has 0 unspecified atom stereocenters. The third-order valence-corrected chi connectivity index (χ3v) is 8.39. The van der Waals surface area contributed by atoms with Gasteiger partial charge in [0.05, 0.1) is 19.4 Å². The Morgan fingerprint density at radius 3 is 2.35 bits per heavy atom. The normalized spacial score (nSPS) is 19.9. The van der Waals surface area contributed by atoms with Crippen LogP contribution in [0.1, 0.15) is 17.5 Å². The highest BCUT2D eigenvalue weighted by molar-refractivity contribution is 7.88. The Morgan fingerprint density at radius 2 is 1.68 bits per heavy atom. The van der Waals surface area contributed by atoms with E-state index in [1.54, 1.807) is 11.4 Å². The van der Waals surface area contributed by atoms with Crippen LogP contribution in [0.25, 0.3) is 0 Å². The Kier molecular flexibility index (Phi) is 8.20. The molecule has 0 radical (unpaired) electrons. The van der Waals surface area contributed by atoms with Crippen molar-refractivity contribution in [1.29, 1.82) is 0 Å². The fourth-order valence-corrected chi connectivity index (χ4v) is 6.10. The van der Waals surface area contributed by atoms with Gasteiger partial charge < -0.3 is 15.0 Å². The quantitative estimate of drug-likeness (QED) is 0.579. The predicted octanol–water partition coefficient (Wildman–Crippen LogP) is 1.53. The molecule has 2 aliphatic rings. The number of rotatable bonds is 9. The average Bonchev–Trinajstić information content (AvgIpc) is 3.34. The first kappa shape index (κ1) is 24.7. The molecule has 4 rings (SSSR count). The van der Waals surface area contributed by atoms with E-state index < -0.39 is 10.0 Å². The molecule has 0 bridgehead atoms. The van der Waals surface area contributed by atoms with Crippen molar-refractivity contribution in [2.45, 2.75) is 24.8 Å². The molecule has 2 aliphatic heterocycles. The number of hydrogen-bond acceptors (Lipinski definition) is 6. The van der Waals surface area contributed by atoms with Crippen molar-refractivity contribution in [3.63, 3.8) is 0 Å². The number of amides is 1. The van der Waals surface area contributed by atoms with Gasteiger partial charge in [-0.15, -0.1) is 0 Å². The van der Waals surface area contributed by atoms with E-state index in [4.69, 9.17) is 4.74 Å². The highest BCUT2D eigenvalue weighted by Crippen LogP contribution is 2.18. The molecule has 0 saturated carbocycles. The van der Waals surface area contributed by atoms with Crippen LogP contribution in [0.15, 0.2) is 54.6 Å². The van der Waals surface area contributed by atoms with Crippen molar-refractivity contribution in [1.82, 2.24) is 19.4 Å². The van der Waals surface area contributed by atoms with E-state index in [9.17, 15) is 13.2 Å². The second kappa shape index (κ2) is 11.3. The van der Waals surface area contributed by atoms with E-state index in [1.807, 2.05) is 47.4 Å². The predicted molar refractivity (Wildman–Crippen MR) is 132 cm³/mol. The van der Waals surface area contributed by atoms with Gasteiger partial charge in [0, 0.05) is 51.9 Å².